The van der Waals surface area contributed by atoms with Crippen molar-refractivity contribution in [3.8, 4) is 27.9 Å². The topological polar surface area (TPSA) is 30.9 Å². The fraction of sp³-hybridized carbons (Fsp3) is 0.0769. The highest BCUT2D eigenvalue weighted by Crippen LogP contribution is 2.45. The van der Waals surface area contributed by atoms with Crippen LogP contribution in [0.4, 0.5) is 5.69 Å². The van der Waals surface area contributed by atoms with Crippen molar-refractivity contribution in [1.82, 2.24) is 4.57 Å². The van der Waals surface area contributed by atoms with E-state index in [1.807, 2.05) is 6.92 Å². The second-order valence-corrected chi connectivity index (χ2v) is 10.6. The predicted octanol–water partition coefficient (Wildman–Crippen LogP) is 10.4. The molecule has 2 nitrogen and oxygen atoms in total. The van der Waals surface area contributed by atoms with Crippen LogP contribution in [-0.4, -0.2) is 4.57 Å². The van der Waals surface area contributed by atoms with Gasteiger partial charge in [-0.2, -0.15) is 0 Å². The SMILES string of the molecule is C/C=C\c1c(N)c2cc(CC)ccc2n1-c1ccc2c(-c3ccccc3)c3ccccc3c(-c3ccccc3)c2c1. The fourth-order valence-corrected chi connectivity index (χ4v) is 6.34. The lowest BCUT2D eigenvalue weighted by atomic mass is 9.86. The molecule has 7 aromatic rings. The highest BCUT2D eigenvalue weighted by atomic mass is 15.0. The van der Waals surface area contributed by atoms with E-state index < -0.39 is 0 Å². The van der Waals surface area contributed by atoms with Crippen LogP contribution in [0, 0.1) is 0 Å². The molecule has 2 N–H and O–H groups in total. The minimum Gasteiger partial charge on any atom is -0.396 e. The van der Waals surface area contributed by atoms with Crippen molar-refractivity contribution in [1.29, 1.82) is 0 Å². The quantitative estimate of drug-likeness (QED) is 0.221. The third-order valence-electron chi connectivity index (χ3n) is 8.23. The Morgan fingerprint density at radius 2 is 1.20 bits per heavy atom. The van der Waals surface area contributed by atoms with Gasteiger partial charge in [0.05, 0.1) is 16.9 Å². The van der Waals surface area contributed by atoms with Gasteiger partial charge < -0.3 is 10.3 Å². The maximum atomic E-state index is 6.82. The molecule has 0 saturated heterocycles. The number of rotatable bonds is 5. The van der Waals surface area contributed by atoms with Gasteiger partial charge in [-0.25, -0.2) is 0 Å². The molecule has 0 amide bonds. The van der Waals surface area contributed by atoms with Gasteiger partial charge in [-0.15, -0.1) is 0 Å². The number of fused-ring (bicyclic) bond motifs is 3. The molecular formula is C39H32N2. The van der Waals surface area contributed by atoms with Gasteiger partial charge in [-0.05, 0) is 93.0 Å². The summed E-state index contributed by atoms with van der Waals surface area (Å²) in [5.74, 6) is 0. The summed E-state index contributed by atoms with van der Waals surface area (Å²) in [6.07, 6.45) is 5.17. The van der Waals surface area contributed by atoms with E-state index >= 15 is 0 Å². The second kappa shape index (κ2) is 10.1. The summed E-state index contributed by atoms with van der Waals surface area (Å²) in [4.78, 5) is 0. The van der Waals surface area contributed by atoms with Gasteiger partial charge >= 0.3 is 0 Å². The van der Waals surface area contributed by atoms with Crippen LogP contribution in [0.1, 0.15) is 25.1 Å². The minimum absolute atomic E-state index is 0.820. The number of nitrogens with zero attached hydrogens (tertiary/aromatic N) is 1. The number of aryl methyl sites for hydroxylation is 1. The first-order chi connectivity index (χ1) is 20.2. The Hall–Kier alpha value is -5.08. The van der Waals surface area contributed by atoms with Crippen molar-refractivity contribution in [3.63, 3.8) is 0 Å². The lowest BCUT2D eigenvalue weighted by molar-refractivity contribution is 1.11. The molecule has 0 aliphatic rings. The maximum absolute atomic E-state index is 6.82. The van der Waals surface area contributed by atoms with Crippen LogP contribution < -0.4 is 5.73 Å². The molecule has 0 fully saturated rings. The van der Waals surface area contributed by atoms with E-state index in [4.69, 9.17) is 5.73 Å². The van der Waals surface area contributed by atoms with Gasteiger partial charge in [-0.3, -0.25) is 0 Å². The molecule has 0 unspecified atom stereocenters. The lowest BCUT2D eigenvalue weighted by Gasteiger charge is -2.19. The van der Waals surface area contributed by atoms with Crippen molar-refractivity contribution in [2.75, 3.05) is 5.73 Å². The first kappa shape index (κ1) is 24.9. The molecule has 7 rings (SSSR count). The van der Waals surface area contributed by atoms with Crippen LogP contribution in [0.15, 0.2) is 127 Å². The first-order valence-corrected chi connectivity index (χ1v) is 14.3. The molecule has 6 aromatic carbocycles. The fourth-order valence-electron chi connectivity index (χ4n) is 6.34. The van der Waals surface area contributed by atoms with Crippen molar-refractivity contribution >= 4 is 44.2 Å². The van der Waals surface area contributed by atoms with E-state index in [2.05, 4.69) is 145 Å². The average molecular weight is 529 g/mol. The van der Waals surface area contributed by atoms with E-state index in [1.165, 1.54) is 49.4 Å². The van der Waals surface area contributed by atoms with Crippen molar-refractivity contribution in [2.45, 2.75) is 20.3 Å². The molecular weight excluding hydrogens is 496 g/mol. The van der Waals surface area contributed by atoms with Crippen LogP contribution in [0.3, 0.4) is 0 Å². The molecule has 0 atom stereocenters. The van der Waals surface area contributed by atoms with E-state index in [9.17, 15) is 0 Å². The minimum atomic E-state index is 0.820. The van der Waals surface area contributed by atoms with Crippen molar-refractivity contribution in [3.05, 3.63) is 139 Å². The van der Waals surface area contributed by atoms with Crippen molar-refractivity contribution < 1.29 is 0 Å². The molecule has 1 aromatic heterocycles. The number of nitrogen functional groups attached to an aromatic ring is 1. The van der Waals surface area contributed by atoms with Gasteiger partial charge in [0.15, 0.2) is 0 Å². The van der Waals surface area contributed by atoms with Gasteiger partial charge in [0.2, 0.25) is 0 Å². The van der Waals surface area contributed by atoms with E-state index in [0.29, 0.717) is 0 Å². The predicted molar refractivity (Wildman–Crippen MR) is 178 cm³/mol. The maximum Gasteiger partial charge on any atom is 0.0695 e. The zero-order chi connectivity index (χ0) is 27.9. The molecule has 0 saturated carbocycles. The normalized spacial score (nSPS) is 11.8. The Morgan fingerprint density at radius 3 is 1.80 bits per heavy atom. The number of hydrogen-bond donors (Lipinski definition) is 1. The summed E-state index contributed by atoms with van der Waals surface area (Å²) in [6.45, 7) is 4.23. The molecule has 0 aliphatic heterocycles. The van der Waals surface area contributed by atoms with Crippen LogP contribution in [-0.2, 0) is 6.42 Å². The highest BCUT2D eigenvalue weighted by Gasteiger charge is 2.19. The molecule has 41 heavy (non-hydrogen) atoms. The number of nitrogens with two attached hydrogens (primary N) is 1. The van der Waals surface area contributed by atoms with Gasteiger partial charge in [0.1, 0.15) is 0 Å². The molecule has 2 heteroatoms. The molecule has 0 bridgehead atoms. The zero-order valence-electron chi connectivity index (χ0n) is 23.4. The largest absolute Gasteiger partial charge is 0.396 e. The summed E-state index contributed by atoms with van der Waals surface area (Å²) in [5.41, 5.74) is 17.1. The molecule has 0 aliphatic carbocycles. The number of allylic oxidation sites excluding steroid dienone is 1. The second-order valence-electron chi connectivity index (χ2n) is 10.6. The van der Waals surface area contributed by atoms with Gasteiger partial charge in [0, 0.05) is 11.1 Å². The number of anilines is 1. The third-order valence-corrected chi connectivity index (χ3v) is 8.23. The van der Waals surface area contributed by atoms with Crippen LogP contribution in [0.2, 0.25) is 0 Å². The van der Waals surface area contributed by atoms with Gasteiger partial charge in [-0.1, -0.05) is 110 Å². The van der Waals surface area contributed by atoms with E-state index in [1.54, 1.807) is 0 Å². The van der Waals surface area contributed by atoms with Crippen LogP contribution in [0.25, 0.3) is 66.5 Å². The Labute approximate surface area is 241 Å². The third kappa shape index (κ3) is 4.03. The Bertz CT molecular complexity index is 2080. The molecule has 0 radical (unpaired) electrons. The highest BCUT2D eigenvalue weighted by molar-refractivity contribution is 6.21. The Kier molecular flexibility index (Phi) is 6.17. The molecule has 198 valence electrons. The Morgan fingerprint density at radius 1 is 0.610 bits per heavy atom. The summed E-state index contributed by atoms with van der Waals surface area (Å²) in [7, 11) is 0. The van der Waals surface area contributed by atoms with Crippen LogP contribution in [0.5, 0.6) is 0 Å². The lowest BCUT2D eigenvalue weighted by Crippen LogP contribution is -1.99. The summed E-state index contributed by atoms with van der Waals surface area (Å²) >= 11 is 0. The Balaban J connectivity index is 1.63. The average Bonchev–Trinajstić information content (AvgIpc) is 3.30. The summed E-state index contributed by atoms with van der Waals surface area (Å²) < 4.78 is 2.32. The first-order valence-electron chi connectivity index (χ1n) is 14.3. The van der Waals surface area contributed by atoms with Gasteiger partial charge in [0.25, 0.3) is 0 Å². The summed E-state index contributed by atoms with van der Waals surface area (Å²) in [6, 6.07) is 43.9. The van der Waals surface area contributed by atoms with E-state index in [0.717, 1.165) is 34.4 Å². The standard InChI is InChI=1S/C39H32N2/c1-3-13-36-39(40)34-24-26(4-2)20-23-35(34)41(36)29-21-22-32-33(25-29)38(28-16-9-6-10-17-28)31-19-12-11-18-30(31)37(32)27-14-7-5-8-15-27/h3,5-25H,4,40H2,1-2H3/b13-3-. The van der Waals surface area contributed by atoms with Crippen molar-refractivity contribution in [2.24, 2.45) is 0 Å². The summed E-state index contributed by atoms with van der Waals surface area (Å²) in [5, 5.41) is 6.07. The van der Waals surface area contributed by atoms with E-state index in [-0.39, 0.29) is 0 Å². The number of benzene rings is 6. The monoisotopic (exact) mass is 528 g/mol. The molecule has 1 heterocycles. The van der Waals surface area contributed by atoms with Crippen LogP contribution >= 0.6 is 0 Å². The number of hydrogen-bond acceptors (Lipinski definition) is 1. The smallest absolute Gasteiger partial charge is 0.0695 e. The zero-order valence-corrected chi connectivity index (χ0v) is 23.4. The molecule has 0 spiro atoms. The number of aromatic nitrogens is 1.